The molecule has 3 amide bonds. The number of halogens is 1. The molecule has 3 N–H and O–H groups in total. The average molecular weight is 366 g/mol. The second-order valence-corrected chi connectivity index (χ2v) is 6.85. The van der Waals surface area contributed by atoms with Gasteiger partial charge >= 0.3 is 0 Å². The third-order valence-electron chi connectivity index (χ3n) is 4.63. The summed E-state index contributed by atoms with van der Waals surface area (Å²) < 4.78 is 0. The number of hydrogen-bond acceptors (Lipinski definition) is 3. The minimum Gasteiger partial charge on any atom is -0.344 e. The lowest BCUT2D eigenvalue weighted by Crippen LogP contribution is -3.15. The van der Waals surface area contributed by atoms with E-state index in [-0.39, 0.29) is 23.8 Å². The van der Waals surface area contributed by atoms with Crippen LogP contribution < -0.4 is 15.5 Å². The first-order chi connectivity index (χ1) is 12.0. The highest BCUT2D eigenvalue weighted by atomic mass is 35.5. The molecule has 2 fully saturated rings. The molecule has 1 aromatic carbocycles. The van der Waals surface area contributed by atoms with Crippen molar-refractivity contribution in [3.63, 3.8) is 0 Å². The fourth-order valence-corrected chi connectivity index (χ4v) is 3.41. The van der Waals surface area contributed by atoms with E-state index in [1.807, 2.05) is 12.1 Å². The third kappa shape index (κ3) is 4.49. The van der Waals surface area contributed by atoms with Gasteiger partial charge in [0, 0.05) is 6.42 Å². The number of rotatable bonds is 4. The Morgan fingerprint density at radius 1 is 1.28 bits per heavy atom. The number of hydrogen-bond donors (Lipinski definition) is 3. The lowest BCUT2D eigenvalue weighted by molar-refractivity contribution is -0.895. The molecule has 25 heavy (non-hydrogen) atoms. The van der Waals surface area contributed by atoms with E-state index in [2.05, 4.69) is 10.6 Å². The van der Waals surface area contributed by atoms with Gasteiger partial charge in [0.15, 0.2) is 6.54 Å². The summed E-state index contributed by atoms with van der Waals surface area (Å²) in [6.07, 6.45) is 0.995. The van der Waals surface area contributed by atoms with Crippen LogP contribution >= 0.6 is 11.6 Å². The molecule has 1 atom stereocenters. The van der Waals surface area contributed by atoms with Gasteiger partial charge in [-0.2, -0.15) is 0 Å². The topological polar surface area (TPSA) is 83.0 Å². The molecule has 1 aromatic rings. The van der Waals surface area contributed by atoms with Crippen molar-refractivity contribution in [3.8, 4) is 0 Å². The Labute approximate surface area is 151 Å². The van der Waals surface area contributed by atoms with Gasteiger partial charge in [-0.25, -0.2) is 0 Å². The average Bonchev–Trinajstić information content (AvgIpc) is 3.03. The first-order valence-electron chi connectivity index (χ1n) is 8.49. The summed E-state index contributed by atoms with van der Waals surface area (Å²) in [4.78, 5) is 38.7. The monoisotopic (exact) mass is 365 g/mol. The van der Waals surface area contributed by atoms with Gasteiger partial charge in [-0.15, -0.1) is 0 Å². The van der Waals surface area contributed by atoms with E-state index in [1.165, 1.54) is 0 Å². The van der Waals surface area contributed by atoms with Crippen LogP contribution in [0.15, 0.2) is 24.3 Å². The maximum absolute atomic E-state index is 12.4. The van der Waals surface area contributed by atoms with Crippen LogP contribution in [0.25, 0.3) is 0 Å². The van der Waals surface area contributed by atoms with Crippen LogP contribution in [0.4, 0.5) is 5.69 Å². The highest BCUT2D eigenvalue weighted by Crippen LogP contribution is 2.19. The predicted molar refractivity (Wildman–Crippen MR) is 93.4 cm³/mol. The molecule has 0 radical (unpaired) electrons. The molecular formula is C17H22ClN4O3+. The van der Waals surface area contributed by atoms with Crippen LogP contribution in [0.5, 0.6) is 0 Å². The first kappa shape index (κ1) is 17.7. The molecule has 7 nitrogen and oxygen atoms in total. The van der Waals surface area contributed by atoms with Crippen molar-refractivity contribution in [1.29, 1.82) is 0 Å². The fraction of sp³-hybridized carbons (Fsp3) is 0.471. The summed E-state index contributed by atoms with van der Waals surface area (Å²) in [7, 11) is 0. The van der Waals surface area contributed by atoms with Gasteiger partial charge in [-0.3, -0.25) is 14.4 Å². The Bertz CT molecular complexity index is 674. The van der Waals surface area contributed by atoms with E-state index < -0.39 is 0 Å². The Kier molecular flexibility index (Phi) is 5.55. The second kappa shape index (κ2) is 7.84. The van der Waals surface area contributed by atoms with Crippen LogP contribution in [-0.4, -0.2) is 61.4 Å². The molecule has 0 aliphatic carbocycles. The lowest BCUT2D eigenvalue weighted by atomic mass is 10.2. The quantitative estimate of drug-likeness (QED) is 0.659. The SMILES string of the molecule is O=C(C[NH+]1CCN(C(=O)[C@H]2CCC(=O)N2)CC1)Nc1ccccc1Cl. The van der Waals surface area contributed by atoms with Gasteiger partial charge in [0.25, 0.3) is 5.91 Å². The summed E-state index contributed by atoms with van der Waals surface area (Å²) >= 11 is 6.04. The predicted octanol–water partition coefficient (Wildman–Crippen LogP) is -0.716. The first-order valence-corrected chi connectivity index (χ1v) is 8.87. The van der Waals surface area contributed by atoms with Gasteiger partial charge in [-0.05, 0) is 18.6 Å². The summed E-state index contributed by atoms with van der Waals surface area (Å²) in [5.74, 6) is -0.157. The molecule has 0 bridgehead atoms. The van der Waals surface area contributed by atoms with E-state index in [1.54, 1.807) is 17.0 Å². The number of nitrogens with one attached hydrogen (secondary N) is 3. The highest BCUT2D eigenvalue weighted by Gasteiger charge is 2.33. The molecule has 134 valence electrons. The molecule has 2 heterocycles. The van der Waals surface area contributed by atoms with Gasteiger partial charge in [0.05, 0.1) is 36.9 Å². The van der Waals surface area contributed by atoms with Gasteiger partial charge in [-0.1, -0.05) is 23.7 Å². The zero-order valence-electron chi connectivity index (χ0n) is 13.9. The van der Waals surface area contributed by atoms with Crippen LogP contribution in [0, 0.1) is 0 Å². The smallest absolute Gasteiger partial charge is 0.279 e. The molecule has 2 aliphatic rings. The molecule has 0 unspecified atom stereocenters. The molecule has 0 saturated carbocycles. The van der Waals surface area contributed by atoms with Crippen LogP contribution in [-0.2, 0) is 14.4 Å². The number of benzene rings is 1. The lowest BCUT2D eigenvalue weighted by Gasteiger charge is -2.33. The minimum absolute atomic E-state index is 0.00887. The standard InChI is InChI=1S/C17H21ClN4O3/c18-12-3-1-2-4-13(12)19-16(24)11-21-7-9-22(10-8-21)17(25)14-5-6-15(23)20-14/h1-4,14H,5-11H2,(H,19,24)(H,20,23)/p+1/t14-/m1/s1. The number of nitrogens with zero attached hydrogens (tertiary/aromatic N) is 1. The Morgan fingerprint density at radius 2 is 2.00 bits per heavy atom. The molecular weight excluding hydrogens is 344 g/mol. The number of carbonyl (C=O) groups excluding carboxylic acids is 3. The van der Waals surface area contributed by atoms with E-state index in [4.69, 9.17) is 11.6 Å². The highest BCUT2D eigenvalue weighted by molar-refractivity contribution is 6.33. The normalized spacial score (nSPS) is 21.1. The van der Waals surface area contributed by atoms with Crippen molar-refractivity contribution in [2.45, 2.75) is 18.9 Å². The zero-order chi connectivity index (χ0) is 17.8. The van der Waals surface area contributed by atoms with Crippen LogP contribution in [0.3, 0.4) is 0 Å². The maximum Gasteiger partial charge on any atom is 0.279 e. The fourth-order valence-electron chi connectivity index (χ4n) is 3.22. The van der Waals surface area contributed by atoms with Crippen molar-refractivity contribution in [1.82, 2.24) is 10.2 Å². The van der Waals surface area contributed by atoms with Crippen LogP contribution in [0.1, 0.15) is 12.8 Å². The van der Waals surface area contributed by atoms with Crippen molar-refractivity contribution >= 4 is 35.0 Å². The number of piperazine rings is 1. The second-order valence-electron chi connectivity index (χ2n) is 6.44. The zero-order valence-corrected chi connectivity index (χ0v) is 14.6. The number of amides is 3. The minimum atomic E-state index is -0.377. The molecule has 3 rings (SSSR count). The summed E-state index contributed by atoms with van der Waals surface area (Å²) in [6.45, 7) is 2.96. The summed E-state index contributed by atoms with van der Waals surface area (Å²) in [5.41, 5.74) is 0.611. The van der Waals surface area contributed by atoms with Gasteiger partial charge in [0.1, 0.15) is 6.04 Å². The molecule has 0 spiro atoms. The van der Waals surface area contributed by atoms with Gasteiger partial charge in [0.2, 0.25) is 11.8 Å². The molecule has 8 heteroatoms. The van der Waals surface area contributed by atoms with E-state index in [9.17, 15) is 14.4 Å². The maximum atomic E-state index is 12.4. The third-order valence-corrected chi connectivity index (χ3v) is 4.96. The Balaban J connectivity index is 1.44. The van der Waals surface area contributed by atoms with E-state index >= 15 is 0 Å². The summed E-state index contributed by atoms with van der Waals surface area (Å²) in [6, 6.07) is 6.75. The van der Waals surface area contributed by atoms with E-state index in [0.29, 0.717) is 56.3 Å². The number of anilines is 1. The molecule has 2 aliphatic heterocycles. The van der Waals surface area contributed by atoms with Crippen molar-refractivity contribution in [3.05, 3.63) is 29.3 Å². The number of carbonyl (C=O) groups is 3. The van der Waals surface area contributed by atoms with Crippen molar-refractivity contribution in [2.75, 3.05) is 38.0 Å². The number of para-hydroxylation sites is 1. The number of quaternary nitrogens is 1. The van der Waals surface area contributed by atoms with E-state index in [0.717, 1.165) is 4.90 Å². The molecule has 0 aromatic heterocycles. The largest absolute Gasteiger partial charge is 0.344 e. The Morgan fingerprint density at radius 3 is 2.64 bits per heavy atom. The van der Waals surface area contributed by atoms with Crippen molar-refractivity contribution < 1.29 is 19.3 Å². The molecule has 2 saturated heterocycles. The Hall–Kier alpha value is -2.12. The van der Waals surface area contributed by atoms with Crippen molar-refractivity contribution in [2.24, 2.45) is 0 Å². The van der Waals surface area contributed by atoms with Gasteiger partial charge < -0.3 is 20.4 Å². The van der Waals surface area contributed by atoms with Crippen LogP contribution in [0.2, 0.25) is 5.02 Å². The summed E-state index contributed by atoms with van der Waals surface area (Å²) in [5, 5.41) is 6.05.